The van der Waals surface area contributed by atoms with Crippen molar-refractivity contribution < 1.29 is 0 Å². The molecule has 0 heterocycles. The van der Waals surface area contributed by atoms with Crippen molar-refractivity contribution >= 4 is 0 Å². The van der Waals surface area contributed by atoms with Gasteiger partial charge in [-0.25, -0.2) is 0 Å². The molecule has 0 amide bonds. The minimum Gasteiger partial charge on any atom is -0.388 e. The second kappa shape index (κ2) is 11.0. The summed E-state index contributed by atoms with van der Waals surface area (Å²) in [5.41, 5.74) is 2.36. The maximum atomic E-state index is 3.75. The Hall–Kier alpha value is -1.54. The van der Waals surface area contributed by atoms with E-state index in [2.05, 4.69) is 42.9 Å². The normalized spacial score (nSPS) is 12.8. The van der Waals surface area contributed by atoms with Crippen LogP contribution in [-0.2, 0) is 0 Å². The molecule has 2 N–H and O–H groups in total. The van der Waals surface area contributed by atoms with Gasteiger partial charge in [0, 0.05) is 19.3 Å². The van der Waals surface area contributed by atoms with Crippen molar-refractivity contribution in [2.75, 3.05) is 20.1 Å². The number of allylic oxidation sites excluding steroid dienone is 6. The van der Waals surface area contributed by atoms with Gasteiger partial charge in [-0.05, 0) is 24.6 Å². The average Bonchev–Trinajstić information content (AvgIpc) is 2.34. The van der Waals surface area contributed by atoms with Crippen molar-refractivity contribution in [3.63, 3.8) is 0 Å². The van der Waals surface area contributed by atoms with Gasteiger partial charge >= 0.3 is 0 Å². The Balaban J connectivity index is 4.68. The molecule has 17 heavy (non-hydrogen) atoms. The lowest BCUT2D eigenvalue weighted by molar-refractivity contribution is 0.790. The molecule has 0 unspecified atom stereocenters. The van der Waals surface area contributed by atoms with E-state index in [1.807, 2.05) is 25.3 Å². The second-order valence-corrected chi connectivity index (χ2v) is 3.47. The second-order valence-electron chi connectivity index (χ2n) is 3.47. The molecule has 0 spiro atoms. The molecule has 0 aliphatic rings. The Morgan fingerprint density at radius 3 is 2.53 bits per heavy atom. The number of hydrogen-bond acceptors (Lipinski definition) is 2. The quantitative estimate of drug-likeness (QED) is 0.472. The molecule has 0 aliphatic carbocycles. The van der Waals surface area contributed by atoms with Gasteiger partial charge in [-0.3, -0.25) is 0 Å². The molecule has 0 atom stereocenters. The molecule has 0 bridgehead atoms. The lowest BCUT2D eigenvalue weighted by atomic mass is 10.1. The SMILES string of the molecule is C=C/C=C\CC(=C\C=C)/C(=C/CNCC)NC. The van der Waals surface area contributed by atoms with Crippen LogP contribution >= 0.6 is 0 Å². The Labute approximate surface area is 106 Å². The molecular formula is C15H24N2. The van der Waals surface area contributed by atoms with E-state index < -0.39 is 0 Å². The number of nitrogens with one attached hydrogen (secondary N) is 2. The van der Waals surface area contributed by atoms with Crippen LogP contribution in [0.2, 0.25) is 0 Å². The van der Waals surface area contributed by atoms with E-state index in [4.69, 9.17) is 0 Å². The Bertz CT molecular complexity index is 309. The van der Waals surface area contributed by atoms with Crippen molar-refractivity contribution in [3.05, 3.63) is 60.9 Å². The third kappa shape index (κ3) is 7.36. The molecule has 2 heteroatoms. The minimum absolute atomic E-state index is 0.867. The molecule has 0 saturated heterocycles. The molecule has 0 aliphatic heterocycles. The topological polar surface area (TPSA) is 24.1 Å². The highest BCUT2D eigenvalue weighted by Gasteiger charge is 1.99. The summed E-state index contributed by atoms with van der Waals surface area (Å²) >= 11 is 0. The lowest BCUT2D eigenvalue weighted by Crippen LogP contribution is -2.16. The van der Waals surface area contributed by atoms with E-state index in [9.17, 15) is 0 Å². The van der Waals surface area contributed by atoms with Crippen LogP contribution in [0.1, 0.15) is 13.3 Å². The van der Waals surface area contributed by atoms with Gasteiger partial charge in [-0.15, -0.1) is 0 Å². The summed E-state index contributed by atoms with van der Waals surface area (Å²) in [5, 5.41) is 6.49. The Morgan fingerprint density at radius 2 is 2.00 bits per heavy atom. The summed E-state index contributed by atoms with van der Waals surface area (Å²) in [4.78, 5) is 0. The number of hydrogen-bond donors (Lipinski definition) is 2. The standard InChI is InChI=1S/C15H24N2/c1-5-8-9-11-14(10-6-2)15(16-4)12-13-17-7-3/h5-6,8-10,12,16-17H,1-2,7,11,13H2,3-4H3/b9-8-,14-10+,15-12-. The van der Waals surface area contributed by atoms with Crippen LogP contribution in [0.4, 0.5) is 0 Å². The largest absolute Gasteiger partial charge is 0.388 e. The van der Waals surface area contributed by atoms with E-state index in [-0.39, 0.29) is 0 Å². The molecule has 0 radical (unpaired) electrons. The summed E-state index contributed by atoms with van der Waals surface area (Å²) in [6, 6.07) is 0. The summed E-state index contributed by atoms with van der Waals surface area (Å²) in [7, 11) is 1.94. The summed E-state index contributed by atoms with van der Waals surface area (Å²) in [6.45, 7) is 11.4. The maximum absolute atomic E-state index is 3.75. The third-order valence-electron chi connectivity index (χ3n) is 2.24. The minimum atomic E-state index is 0.867. The van der Waals surface area contributed by atoms with Crippen LogP contribution in [0.5, 0.6) is 0 Å². The van der Waals surface area contributed by atoms with Crippen LogP contribution in [-0.4, -0.2) is 20.1 Å². The highest BCUT2D eigenvalue weighted by atomic mass is 14.9. The van der Waals surface area contributed by atoms with Gasteiger partial charge in [-0.2, -0.15) is 0 Å². The van der Waals surface area contributed by atoms with Gasteiger partial charge in [0.15, 0.2) is 0 Å². The molecule has 0 aromatic heterocycles. The predicted molar refractivity (Wildman–Crippen MR) is 77.9 cm³/mol. The fourth-order valence-electron chi connectivity index (χ4n) is 1.41. The number of rotatable bonds is 9. The smallest absolute Gasteiger partial charge is 0.0345 e. The van der Waals surface area contributed by atoms with Crippen molar-refractivity contribution in [2.45, 2.75) is 13.3 Å². The van der Waals surface area contributed by atoms with E-state index in [0.29, 0.717) is 0 Å². The van der Waals surface area contributed by atoms with Crippen molar-refractivity contribution in [3.8, 4) is 0 Å². The van der Waals surface area contributed by atoms with E-state index in [1.54, 1.807) is 6.08 Å². The summed E-state index contributed by atoms with van der Waals surface area (Å²) in [5.74, 6) is 0. The van der Waals surface area contributed by atoms with Crippen molar-refractivity contribution in [1.82, 2.24) is 10.6 Å². The van der Waals surface area contributed by atoms with Gasteiger partial charge in [0.1, 0.15) is 0 Å². The molecule has 2 nitrogen and oxygen atoms in total. The van der Waals surface area contributed by atoms with E-state index >= 15 is 0 Å². The molecule has 0 aromatic carbocycles. The molecule has 0 fully saturated rings. The first-order valence-corrected chi connectivity index (χ1v) is 5.98. The van der Waals surface area contributed by atoms with Gasteiger partial charge in [0.25, 0.3) is 0 Å². The molecular weight excluding hydrogens is 208 g/mol. The monoisotopic (exact) mass is 232 g/mol. The van der Waals surface area contributed by atoms with Gasteiger partial charge in [0.05, 0.1) is 0 Å². The zero-order chi connectivity index (χ0) is 12.9. The first-order chi connectivity index (χ1) is 8.29. The zero-order valence-corrected chi connectivity index (χ0v) is 11.0. The van der Waals surface area contributed by atoms with E-state index in [1.165, 1.54) is 5.57 Å². The third-order valence-corrected chi connectivity index (χ3v) is 2.24. The average molecular weight is 232 g/mol. The maximum Gasteiger partial charge on any atom is 0.0345 e. The summed E-state index contributed by atoms with van der Waals surface area (Å²) in [6.07, 6.45) is 12.7. The lowest BCUT2D eigenvalue weighted by Gasteiger charge is -2.10. The van der Waals surface area contributed by atoms with Gasteiger partial charge < -0.3 is 10.6 Å². The van der Waals surface area contributed by atoms with Crippen LogP contribution in [0.3, 0.4) is 0 Å². The van der Waals surface area contributed by atoms with Crippen LogP contribution in [0.25, 0.3) is 0 Å². The highest BCUT2D eigenvalue weighted by molar-refractivity contribution is 5.34. The van der Waals surface area contributed by atoms with Crippen molar-refractivity contribution in [1.29, 1.82) is 0 Å². The summed E-state index contributed by atoms with van der Waals surface area (Å²) < 4.78 is 0. The predicted octanol–water partition coefficient (Wildman–Crippen LogP) is 2.94. The van der Waals surface area contributed by atoms with Crippen LogP contribution in [0.15, 0.2) is 60.9 Å². The molecule has 0 rings (SSSR count). The van der Waals surface area contributed by atoms with E-state index in [0.717, 1.165) is 25.2 Å². The number of likely N-dealkylation sites (N-methyl/N-ethyl adjacent to an activating group) is 2. The van der Waals surface area contributed by atoms with Crippen molar-refractivity contribution in [2.24, 2.45) is 0 Å². The first-order valence-electron chi connectivity index (χ1n) is 5.98. The molecule has 0 saturated carbocycles. The highest BCUT2D eigenvalue weighted by Crippen LogP contribution is 2.12. The Morgan fingerprint density at radius 1 is 1.24 bits per heavy atom. The van der Waals surface area contributed by atoms with Gasteiger partial charge in [0.2, 0.25) is 0 Å². The van der Waals surface area contributed by atoms with Gasteiger partial charge in [-0.1, -0.05) is 50.5 Å². The molecule has 0 aromatic rings. The zero-order valence-electron chi connectivity index (χ0n) is 11.0. The van der Waals surface area contributed by atoms with Crippen LogP contribution in [0, 0.1) is 0 Å². The van der Waals surface area contributed by atoms with Crippen LogP contribution < -0.4 is 10.6 Å². The fraction of sp³-hybridized carbons (Fsp3) is 0.333. The fourth-order valence-corrected chi connectivity index (χ4v) is 1.41. The molecule has 94 valence electrons. The Kier molecular flexibility index (Phi) is 9.97. The first kappa shape index (κ1) is 15.5.